The topological polar surface area (TPSA) is 57.0 Å². The molecule has 0 saturated heterocycles. The Morgan fingerprint density at radius 2 is 2.06 bits per heavy atom. The van der Waals surface area contributed by atoms with Gasteiger partial charge in [0, 0.05) is 0 Å². The van der Waals surface area contributed by atoms with Crippen molar-refractivity contribution in [3.8, 4) is 0 Å². The first-order chi connectivity index (χ1) is 7.87. The van der Waals surface area contributed by atoms with E-state index in [1.54, 1.807) is 0 Å². The van der Waals surface area contributed by atoms with Crippen LogP contribution >= 0.6 is 0 Å². The van der Waals surface area contributed by atoms with Crippen molar-refractivity contribution in [3.05, 3.63) is 23.8 Å². The van der Waals surface area contributed by atoms with Crippen LogP contribution in [0.25, 0.3) is 11.0 Å². The molecule has 0 aliphatic heterocycles. The summed E-state index contributed by atoms with van der Waals surface area (Å²) in [5, 5.41) is 7.74. The SMILES string of the molecule is Cc1ccc2nnn(C(=O)OC(C)(C)C)c2c1. The first kappa shape index (κ1) is 11.6. The summed E-state index contributed by atoms with van der Waals surface area (Å²) in [4.78, 5) is 11.9. The Morgan fingerprint density at radius 1 is 1.35 bits per heavy atom. The summed E-state index contributed by atoms with van der Waals surface area (Å²) in [6.45, 7) is 7.39. The van der Waals surface area contributed by atoms with Crippen molar-refractivity contribution in [3.63, 3.8) is 0 Å². The van der Waals surface area contributed by atoms with Gasteiger partial charge >= 0.3 is 6.09 Å². The summed E-state index contributed by atoms with van der Waals surface area (Å²) in [6, 6.07) is 5.62. The van der Waals surface area contributed by atoms with E-state index in [1.807, 2.05) is 45.9 Å². The molecular formula is C12H15N3O2. The van der Waals surface area contributed by atoms with Crippen molar-refractivity contribution in [2.24, 2.45) is 0 Å². The molecule has 0 radical (unpaired) electrons. The number of aromatic nitrogens is 3. The van der Waals surface area contributed by atoms with Gasteiger partial charge in [0.2, 0.25) is 0 Å². The average Bonchev–Trinajstić information content (AvgIpc) is 2.57. The number of ether oxygens (including phenoxy) is 1. The van der Waals surface area contributed by atoms with Gasteiger partial charge in [0.05, 0.1) is 0 Å². The zero-order chi connectivity index (χ0) is 12.6. The smallest absolute Gasteiger partial charge is 0.437 e. The highest BCUT2D eigenvalue weighted by atomic mass is 16.6. The quantitative estimate of drug-likeness (QED) is 0.701. The van der Waals surface area contributed by atoms with Crippen LogP contribution in [-0.4, -0.2) is 26.7 Å². The molecule has 1 aromatic heterocycles. The molecule has 2 aromatic rings. The Labute approximate surface area is 99.4 Å². The molecule has 0 aliphatic carbocycles. The minimum Gasteiger partial charge on any atom is -0.442 e. The third kappa shape index (κ3) is 2.43. The maximum atomic E-state index is 11.9. The van der Waals surface area contributed by atoms with Gasteiger partial charge in [-0.3, -0.25) is 0 Å². The van der Waals surface area contributed by atoms with E-state index in [4.69, 9.17) is 4.74 Å². The highest BCUT2D eigenvalue weighted by molar-refractivity contribution is 5.85. The minimum absolute atomic E-state index is 0.509. The van der Waals surface area contributed by atoms with E-state index >= 15 is 0 Å². The van der Waals surface area contributed by atoms with Gasteiger partial charge in [0.1, 0.15) is 16.6 Å². The fourth-order valence-corrected chi connectivity index (χ4v) is 1.47. The predicted molar refractivity (Wildman–Crippen MR) is 63.9 cm³/mol. The van der Waals surface area contributed by atoms with Crippen LogP contribution in [0.2, 0.25) is 0 Å². The van der Waals surface area contributed by atoms with E-state index in [9.17, 15) is 4.79 Å². The molecule has 5 heteroatoms. The van der Waals surface area contributed by atoms with Crippen molar-refractivity contribution in [1.82, 2.24) is 15.0 Å². The van der Waals surface area contributed by atoms with Gasteiger partial charge < -0.3 is 4.74 Å². The number of nitrogens with zero attached hydrogens (tertiary/aromatic N) is 3. The van der Waals surface area contributed by atoms with Crippen molar-refractivity contribution < 1.29 is 9.53 Å². The normalized spacial score (nSPS) is 11.8. The Balaban J connectivity index is 2.42. The van der Waals surface area contributed by atoms with E-state index in [-0.39, 0.29) is 0 Å². The number of fused-ring (bicyclic) bond motifs is 1. The molecule has 0 bridgehead atoms. The van der Waals surface area contributed by atoms with Gasteiger partial charge in [-0.25, -0.2) is 4.79 Å². The Kier molecular flexibility index (Phi) is 2.61. The second-order valence-electron chi connectivity index (χ2n) is 4.97. The van der Waals surface area contributed by atoms with Crippen LogP contribution in [-0.2, 0) is 4.74 Å². The third-order valence-corrected chi connectivity index (χ3v) is 2.17. The monoisotopic (exact) mass is 233 g/mol. The summed E-state index contributed by atoms with van der Waals surface area (Å²) >= 11 is 0. The van der Waals surface area contributed by atoms with E-state index < -0.39 is 11.7 Å². The molecular weight excluding hydrogens is 218 g/mol. The number of hydrogen-bond acceptors (Lipinski definition) is 4. The van der Waals surface area contributed by atoms with E-state index in [0.29, 0.717) is 11.0 Å². The van der Waals surface area contributed by atoms with Crippen LogP contribution in [0.4, 0.5) is 4.79 Å². The lowest BCUT2D eigenvalue weighted by Gasteiger charge is -2.18. The molecule has 2 rings (SSSR count). The lowest BCUT2D eigenvalue weighted by atomic mass is 10.2. The number of benzene rings is 1. The second-order valence-corrected chi connectivity index (χ2v) is 4.97. The Hall–Kier alpha value is -1.91. The molecule has 0 aliphatic rings. The van der Waals surface area contributed by atoms with Gasteiger partial charge in [-0.15, -0.1) is 9.78 Å². The molecule has 1 aromatic carbocycles. The van der Waals surface area contributed by atoms with Crippen LogP contribution < -0.4 is 0 Å². The van der Waals surface area contributed by atoms with Crippen molar-refractivity contribution in [2.75, 3.05) is 0 Å². The van der Waals surface area contributed by atoms with Crippen LogP contribution in [0, 0.1) is 6.92 Å². The zero-order valence-electron chi connectivity index (χ0n) is 10.4. The van der Waals surface area contributed by atoms with Crippen LogP contribution in [0.5, 0.6) is 0 Å². The largest absolute Gasteiger partial charge is 0.442 e. The number of carbonyl (C=O) groups excluding carboxylic acids is 1. The Bertz CT molecular complexity index is 567. The van der Waals surface area contributed by atoms with Gasteiger partial charge in [-0.2, -0.15) is 0 Å². The molecule has 5 nitrogen and oxygen atoms in total. The standard InChI is InChI=1S/C12H15N3O2/c1-8-5-6-9-10(7-8)15(14-13-9)11(16)17-12(2,3)4/h5-7H,1-4H3. The van der Waals surface area contributed by atoms with Crippen molar-refractivity contribution in [2.45, 2.75) is 33.3 Å². The van der Waals surface area contributed by atoms with Gasteiger partial charge in [0.25, 0.3) is 0 Å². The van der Waals surface area contributed by atoms with E-state index in [2.05, 4.69) is 10.3 Å². The summed E-state index contributed by atoms with van der Waals surface area (Å²) in [7, 11) is 0. The predicted octanol–water partition coefficient (Wildman–Crippen LogP) is 2.52. The molecule has 0 atom stereocenters. The van der Waals surface area contributed by atoms with Crippen LogP contribution in [0.3, 0.4) is 0 Å². The average molecular weight is 233 g/mol. The molecule has 17 heavy (non-hydrogen) atoms. The molecule has 0 amide bonds. The fraction of sp³-hybridized carbons (Fsp3) is 0.417. The van der Waals surface area contributed by atoms with E-state index in [0.717, 1.165) is 5.56 Å². The van der Waals surface area contributed by atoms with Gasteiger partial charge in [-0.1, -0.05) is 11.3 Å². The lowest BCUT2D eigenvalue weighted by Crippen LogP contribution is -2.27. The molecule has 0 spiro atoms. The molecule has 0 N–H and O–H groups in total. The molecule has 1 heterocycles. The van der Waals surface area contributed by atoms with Gasteiger partial charge in [0.15, 0.2) is 0 Å². The summed E-state index contributed by atoms with van der Waals surface area (Å²) in [5.74, 6) is 0. The highest BCUT2D eigenvalue weighted by Gasteiger charge is 2.20. The first-order valence-electron chi connectivity index (χ1n) is 5.42. The maximum absolute atomic E-state index is 11.9. The van der Waals surface area contributed by atoms with Crippen molar-refractivity contribution >= 4 is 17.1 Å². The first-order valence-corrected chi connectivity index (χ1v) is 5.42. The third-order valence-electron chi connectivity index (χ3n) is 2.17. The van der Waals surface area contributed by atoms with Gasteiger partial charge in [-0.05, 0) is 45.4 Å². The second kappa shape index (κ2) is 3.84. The molecule has 0 fully saturated rings. The minimum atomic E-state index is -0.542. The van der Waals surface area contributed by atoms with Crippen molar-refractivity contribution in [1.29, 1.82) is 0 Å². The van der Waals surface area contributed by atoms with E-state index in [1.165, 1.54) is 4.68 Å². The fourth-order valence-electron chi connectivity index (χ4n) is 1.47. The summed E-state index contributed by atoms with van der Waals surface area (Å²) in [6.07, 6.45) is -0.509. The maximum Gasteiger partial charge on any atom is 0.437 e. The number of rotatable bonds is 0. The number of carbonyl (C=O) groups is 1. The number of hydrogen-bond donors (Lipinski definition) is 0. The molecule has 0 unspecified atom stereocenters. The Morgan fingerprint density at radius 3 is 2.71 bits per heavy atom. The lowest BCUT2D eigenvalue weighted by molar-refractivity contribution is 0.0519. The van der Waals surface area contributed by atoms with Crippen LogP contribution in [0.15, 0.2) is 18.2 Å². The highest BCUT2D eigenvalue weighted by Crippen LogP contribution is 2.15. The number of aryl methyl sites for hydroxylation is 1. The zero-order valence-corrected chi connectivity index (χ0v) is 10.4. The summed E-state index contributed by atoms with van der Waals surface area (Å²) < 4.78 is 6.44. The van der Waals surface area contributed by atoms with Crippen LogP contribution in [0.1, 0.15) is 26.3 Å². The molecule has 0 saturated carbocycles. The molecule has 90 valence electrons. The summed E-state index contributed by atoms with van der Waals surface area (Å²) in [5.41, 5.74) is 1.85.